The van der Waals surface area contributed by atoms with Crippen LogP contribution in [0.5, 0.6) is 0 Å². The molecule has 446 valence electrons. The molecule has 19 nitrogen and oxygen atoms in total. The summed E-state index contributed by atoms with van der Waals surface area (Å²) in [5, 5.41) is 120. The molecule has 0 spiro atoms. The third kappa shape index (κ3) is 25.4. The number of nitrogens with one attached hydrogen (secondary N) is 1. The standard InChI is InChI=1S/C57H105NO18/c1-3-5-7-9-11-13-15-17-18-19-20-21-23-25-27-29-31-33-35-45(63)58-40(41(62)34-32-30-28-26-24-22-16-14-12-10-8-6-4-2)39-71-55-51(69)48(66)53(43(37-60)73-55)76-57-52(70)49(67)54(44(38-61)74-57)75-56-50(68)47(65)46(64)42(36-59)72-56/h13,15,18-19,40-44,46-57,59-62,64-70H,3-12,14,16-17,20-39H2,1-2H3,(H,58,63)/b15-13-,19-18-. The Labute approximate surface area is 454 Å². The van der Waals surface area contributed by atoms with Gasteiger partial charge in [-0.1, -0.05) is 173 Å². The minimum absolute atomic E-state index is 0.252. The molecule has 0 aromatic carbocycles. The Hall–Kier alpha value is -1.73. The maximum atomic E-state index is 13.3. The van der Waals surface area contributed by atoms with Crippen molar-refractivity contribution in [2.24, 2.45) is 0 Å². The van der Waals surface area contributed by atoms with E-state index in [9.17, 15) is 61.0 Å². The Morgan fingerprint density at radius 3 is 1.36 bits per heavy atom. The number of unbranched alkanes of at least 4 members (excludes halogenated alkanes) is 23. The number of allylic oxidation sites excluding steroid dienone is 4. The highest BCUT2D eigenvalue weighted by atomic mass is 16.8. The molecule has 0 saturated carbocycles. The number of aliphatic hydroxyl groups excluding tert-OH is 11. The van der Waals surface area contributed by atoms with E-state index in [4.69, 9.17) is 28.4 Å². The molecule has 3 heterocycles. The largest absolute Gasteiger partial charge is 0.394 e. The second-order valence-corrected chi connectivity index (χ2v) is 21.5. The number of aliphatic hydroxyl groups is 11. The number of hydrogen-bond acceptors (Lipinski definition) is 18. The first-order valence-electron chi connectivity index (χ1n) is 29.6. The van der Waals surface area contributed by atoms with Crippen LogP contribution in [0.3, 0.4) is 0 Å². The fourth-order valence-corrected chi connectivity index (χ4v) is 10.1. The van der Waals surface area contributed by atoms with Gasteiger partial charge in [0, 0.05) is 6.42 Å². The molecule has 3 aliphatic rings. The van der Waals surface area contributed by atoms with Gasteiger partial charge in [0.05, 0.1) is 38.6 Å². The van der Waals surface area contributed by atoms with Crippen molar-refractivity contribution in [3.8, 4) is 0 Å². The van der Waals surface area contributed by atoms with Gasteiger partial charge in [-0.15, -0.1) is 0 Å². The van der Waals surface area contributed by atoms with E-state index in [-0.39, 0.29) is 18.9 Å². The number of carbonyl (C=O) groups excluding carboxylic acids is 1. The number of rotatable bonds is 43. The van der Waals surface area contributed by atoms with Crippen LogP contribution in [0, 0.1) is 0 Å². The molecule has 1 amide bonds. The summed E-state index contributed by atoms with van der Waals surface area (Å²) in [4.78, 5) is 13.3. The molecule has 0 aromatic rings. The fraction of sp³-hybridized carbons (Fsp3) is 0.912. The van der Waals surface area contributed by atoms with E-state index < -0.39 is 124 Å². The number of ether oxygens (including phenoxy) is 6. The second kappa shape index (κ2) is 41.3. The predicted octanol–water partition coefficient (Wildman–Crippen LogP) is 4.76. The van der Waals surface area contributed by atoms with Crippen LogP contribution >= 0.6 is 0 Å². The first-order valence-corrected chi connectivity index (χ1v) is 29.6. The molecular weight excluding hydrogens is 987 g/mol. The first kappa shape index (κ1) is 68.5. The van der Waals surface area contributed by atoms with Crippen LogP contribution in [0.4, 0.5) is 0 Å². The Bertz CT molecular complexity index is 1490. The molecule has 76 heavy (non-hydrogen) atoms. The quantitative estimate of drug-likeness (QED) is 0.0289. The van der Waals surface area contributed by atoms with Crippen LogP contribution in [0.1, 0.15) is 200 Å². The van der Waals surface area contributed by atoms with Crippen LogP contribution in [0.15, 0.2) is 24.3 Å². The Kier molecular flexibility index (Phi) is 37.2. The van der Waals surface area contributed by atoms with E-state index in [0.29, 0.717) is 12.8 Å². The normalized spacial score (nSPS) is 31.1. The van der Waals surface area contributed by atoms with Crippen molar-refractivity contribution in [1.82, 2.24) is 5.32 Å². The fourth-order valence-electron chi connectivity index (χ4n) is 10.1. The van der Waals surface area contributed by atoms with Gasteiger partial charge in [-0.25, -0.2) is 0 Å². The summed E-state index contributed by atoms with van der Waals surface area (Å²) >= 11 is 0. The van der Waals surface area contributed by atoms with E-state index in [1.54, 1.807) is 0 Å². The van der Waals surface area contributed by atoms with Crippen molar-refractivity contribution < 1.29 is 89.4 Å². The highest BCUT2D eigenvalue weighted by molar-refractivity contribution is 5.76. The summed E-state index contributed by atoms with van der Waals surface area (Å²) in [5.74, 6) is -0.252. The topological polar surface area (TPSA) is 307 Å². The van der Waals surface area contributed by atoms with E-state index in [1.807, 2.05) is 0 Å². The van der Waals surface area contributed by atoms with Gasteiger partial charge in [0.25, 0.3) is 0 Å². The first-order chi connectivity index (χ1) is 36.8. The molecule has 17 atom stereocenters. The Morgan fingerprint density at radius 2 is 0.868 bits per heavy atom. The minimum Gasteiger partial charge on any atom is -0.394 e. The SMILES string of the molecule is CCCCCC/C=C\C/C=C\CCCCCCCCCC(=O)NC(COC1OC(CO)C(OC2OC(CO)C(OC3OC(CO)C(O)C(O)C3O)C(O)C2O)C(O)C1O)C(O)CCCCCCCCCCCCCCC. The lowest BCUT2D eigenvalue weighted by Crippen LogP contribution is -2.66. The summed E-state index contributed by atoms with van der Waals surface area (Å²) < 4.78 is 34.3. The smallest absolute Gasteiger partial charge is 0.220 e. The lowest BCUT2D eigenvalue weighted by atomic mass is 9.96. The molecule has 19 heteroatoms. The summed E-state index contributed by atoms with van der Waals surface area (Å²) in [6.45, 7) is 1.75. The van der Waals surface area contributed by atoms with Gasteiger partial charge < -0.3 is 89.9 Å². The summed E-state index contributed by atoms with van der Waals surface area (Å²) in [7, 11) is 0. The molecule has 12 N–H and O–H groups in total. The Balaban J connectivity index is 1.50. The number of hydrogen-bond donors (Lipinski definition) is 12. The van der Waals surface area contributed by atoms with E-state index in [0.717, 1.165) is 70.6 Å². The van der Waals surface area contributed by atoms with Gasteiger partial charge in [0.2, 0.25) is 5.91 Å². The Morgan fingerprint density at radius 1 is 0.474 bits per heavy atom. The van der Waals surface area contributed by atoms with Crippen molar-refractivity contribution in [1.29, 1.82) is 0 Å². The van der Waals surface area contributed by atoms with Gasteiger partial charge >= 0.3 is 0 Å². The summed E-state index contributed by atoms with van der Waals surface area (Å²) in [5.41, 5.74) is 0. The van der Waals surface area contributed by atoms with Crippen LogP contribution < -0.4 is 5.32 Å². The maximum Gasteiger partial charge on any atom is 0.220 e. The van der Waals surface area contributed by atoms with E-state index >= 15 is 0 Å². The molecule has 3 saturated heterocycles. The molecule has 17 unspecified atom stereocenters. The van der Waals surface area contributed by atoms with Gasteiger partial charge in [-0.05, 0) is 44.9 Å². The zero-order valence-corrected chi connectivity index (χ0v) is 46.2. The van der Waals surface area contributed by atoms with Gasteiger partial charge in [-0.3, -0.25) is 4.79 Å². The highest BCUT2D eigenvalue weighted by Gasteiger charge is 2.53. The molecule has 0 radical (unpaired) electrons. The monoisotopic (exact) mass is 1090 g/mol. The average molecular weight is 1090 g/mol. The van der Waals surface area contributed by atoms with Crippen LogP contribution in [-0.2, 0) is 33.2 Å². The minimum atomic E-state index is -1.97. The number of amides is 1. The van der Waals surface area contributed by atoms with Crippen LogP contribution in [0.25, 0.3) is 0 Å². The molecule has 0 aromatic heterocycles. The second-order valence-electron chi connectivity index (χ2n) is 21.5. The van der Waals surface area contributed by atoms with E-state index in [2.05, 4.69) is 43.5 Å². The lowest BCUT2D eigenvalue weighted by Gasteiger charge is -2.48. The lowest BCUT2D eigenvalue weighted by molar-refractivity contribution is -0.379. The van der Waals surface area contributed by atoms with E-state index in [1.165, 1.54) is 96.3 Å². The van der Waals surface area contributed by atoms with Crippen molar-refractivity contribution in [2.75, 3.05) is 26.4 Å². The van der Waals surface area contributed by atoms with Crippen molar-refractivity contribution in [3.63, 3.8) is 0 Å². The number of carbonyl (C=O) groups is 1. The molecule has 0 bridgehead atoms. The highest BCUT2D eigenvalue weighted by Crippen LogP contribution is 2.33. The molecule has 3 fully saturated rings. The zero-order valence-electron chi connectivity index (χ0n) is 46.2. The predicted molar refractivity (Wildman–Crippen MR) is 286 cm³/mol. The third-order valence-corrected chi connectivity index (χ3v) is 15.0. The summed E-state index contributed by atoms with van der Waals surface area (Å²) in [6, 6.07) is -0.888. The van der Waals surface area contributed by atoms with Crippen LogP contribution in [0.2, 0.25) is 0 Å². The van der Waals surface area contributed by atoms with Crippen LogP contribution in [-0.4, -0.2) is 193 Å². The third-order valence-electron chi connectivity index (χ3n) is 15.0. The molecule has 3 rings (SSSR count). The maximum absolute atomic E-state index is 13.3. The van der Waals surface area contributed by atoms with Gasteiger partial charge in [0.1, 0.15) is 73.2 Å². The molecular formula is C57H105NO18. The van der Waals surface area contributed by atoms with Gasteiger partial charge in [-0.2, -0.15) is 0 Å². The van der Waals surface area contributed by atoms with Gasteiger partial charge in [0.15, 0.2) is 18.9 Å². The molecule has 0 aliphatic carbocycles. The average Bonchev–Trinajstić information content (AvgIpc) is 3.42. The molecule has 3 aliphatic heterocycles. The van der Waals surface area contributed by atoms with Crippen molar-refractivity contribution >= 4 is 5.91 Å². The zero-order chi connectivity index (χ0) is 55.5. The van der Waals surface area contributed by atoms with Crippen molar-refractivity contribution in [3.05, 3.63) is 24.3 Å². The summed E-state index contributed by atoms with van der Waals surface area (Å²) in [6.07, 6.45) is 14.0. The van der Waals surface area contributed by atoms with Crippen molar-refractivity contribution in [2.45, 2.75) is 304 Å².